The van der Waals surface area contributed by atoms with Crippen LogP contribution in [0.25, 0.3) is 0 Å². The van der Waals surface area contributed by atoms with Gasteiger partial charge < -0.3 is 9.80 Å². The van der Waals surface area contributed by atoms with Crippen LogP contribution in [0.2, 0.25) is 5.02 Å². The molecule has 2 rings (SSSR count). The van der Waals surface area contributed by atoms with E-state index >= 15 is 0 Å². The first-order chi connectivity index (χ1) is 8.58. The van der Waals surface area contributed by atoms with Gasteiger partial charge in [-0.2, -0.15) is 0 Å². The Balaban J connectivity index is 2.10. The van der Waals surface area contributed by atoms with Crippen LogP contribution in [0.15, 0.2) is 24.3 Å². The predicted octanol–water partition coefficient (Wildman–Crippen LogP) is 1.33. The third-order valence-corrected chi connectivity index (χ3v) is 3.30. The largest absolute Gasteiger partial charge is 0.321 e. The minimum Gasteiger partial charge on any atom is -0.321 e. The van der Waals surface area contributed by atoms with Gasteiger partial charge in [-0.25, -0.2) is 0 Å². The lowest BCUT2D eigenvalue weighted by Crippen LogP contribution is -2.36. The summed E-state index contributed by atoms with van der Waals surface area (Å²) in [6, 6.07) is 7.62. The van der Waals surface area contributed by atoms with E-state index in [0.29, 0.717) is 11.6 Å². The van der Waals surface area contributed by atoms with E-state index in [2.05, 4.69) is 10.2 Å². The molecule has 4 nitrogen and oxygen atoms in total. The lowest BCUT2D eigenvalue weighted by molar-refractivity contribution is -0.128. The second kappa shape index (κ2) is 5.69. The van der Waals surface area contributed by atoms with Crippen LogP contribution in [0.5, 0.6) is 0 Å². The van der Waals surface area contributed by atoms with Gasteiger partial charge in [0.15, 0.2) is 0 Å². The Bertz CT molecular complexity index is 419. The minimum absolute atomic E-state index is 0.0327. The van der Waals surface area contributed by atoms with Gasteiger partial charge in [0.25, 0.3) is 0 Å². The first-order valence-corrected chi connectivity index (χ1v) is 6.39. The summed E-state index contributed by atoms with van der Waals surface area (Å²) in [6.45, 7) is 1.99. The van der Waals surface area contributed by atoms with E-state index in [9.17, 15) is 4.79 Å². The topological polar surface area (TPSA) is 35.6 Å². The molecule has 1 saturated heterocycles. The average Bonchev–Trinajstić information content (AvgIpc) is 2.69. The van der Waals surface area contributed by atoms with E-state index in [1.165, 1.54) is 0 Å². The quantitative estimate of drug-likeness (QED) is 0.894. The van der Waals surface area contributed by atoms with Gasteiger partial charge >= 0.3 is 0 Å². The Kier molecular flexibility index (Phi) is 4.22. The molecule has 1 N–H and O–H groups in total. The van der Waals surface area contributed by atoms with Crippen molar-refractivity contribution in [2.45, 2.75) is 6.17 Å². The summed E-state index contributed by atoms with van der Waals surface area (Å²) in [5, 5.41) is 3.94. The summed E-state index contributed by atoms with van der Waals surface area (Å²) in [4.78, 5) is 15.8. The van der Waals surface area contributed by atoms with Crippen molar-refractivity contribution in [3.8, 4) is 0 Å². The third-order valence-electron chi connectivity index (χ3n) is 3.05. The molecule has 0 aliphatic carbocycles. The number of likely N-dealkylation sites (N-methyl/N-ethyl adjacent to an activating group) is 1. The van der Waals surface area contributed by atoms with Crippen molar-refractivity contribution in [2.24, 2.45) is 0 Å². The Morgan fingerprint density at radius 1 is 1.39 bits per heavy atom. The zero-order chi connectivity index (χ0) is 13.1. The second-order valence-electron chi connectivity index (χ2n) is 4.73. The fraction of sp³-hybridized carbons (Fsp3) is 0.462. The molecule has 1 heterocycles. The van der Waals surface area contributed by atoms with Crippen molar-refractivity contribution in [1.29, 1.82) is 0 Å². The monoisotopic (exact) mass is 267 g/mol. The van der Waals surface area contributed by atoms with Gasteiger partial charge in [-0.05, 0) is 31.8 Å². The summed E-state index contributed by atoms with van der Waals surface area (Å²) < 4.78 is 0. The van der Waals surface area contributed by atoms with Crippen molar-refractivity contribution < 1.29 is 4.79 Å². The molecular weight excluding hydrogens is 250 g/mol. The number of carbonyl (C=O) groups is 1. The third kappa shape index (κ3) is 3.02. The van der Waals surface area contributed by atoms with E-state index < -0.39 is 0 Å². The molecule has 1 aromatic carbocycles. The smallest absolute Gasteiger partial charge is 0.238 e. The summed E-state index contributed by atoms with van der Waals surface area (Å²) in [7, 11) is 4.01. The highest BCUT2D eigenvalue weighted by Gasteiger charge is 2.30. The van der Waals surface area contributed by atoms with Gasteiger partial charge in [0.2, 0.25) is 5.91 Å². The Morgan fingerprint density at radius 2 is 2.06 bits per heavy atom. The van der Waals surface area contributed by atoms with Crippen molar-refractivity contribution >= 4 is 17.5 Å². The standard InChI is InChI=1S/C13H18ClN3O/c1-16(2)7-8-17-12(18)9-15-13(17)10-3-5-11(14)6-4-10/h3-6,13,15H,7-9H2,1-2H3. The molecule has 0 saturated carbocycles. The highest BCUT2D eigenvalue weighted by atomic mass is 35.5. The van der Waals surface area contributed by atoms with Crippen molar-refractivity contribution in [2.75, 3.05) is 33.7 Å². The lowest BCUT2D eigenvalue weighted by atomic mass is 10.1. The predicted molar refractivity (Wildman–Crippen MR) is 72.5 cm³/mol. The number of carbonyl (C=O) groups excluding carboxylic acids is 1. The van der Waals surface area contributed by atoms with E-state index in [-0.39, 0.29) is 12.1 Å². The maximum atomic E-state index is 11.9. The number of nitrogens with zero attached hydrogens (tertiary/aromatic N) is 2. The van der Waals surface area contributed by atoms with E-state index in [1.807, 2.05) is 43.3 Å². The van der Waals surface area contributed by atoms with Crippen LogP contribution >= 0.6 is 11.6 Å². The van der Waals surface area contributed by atoms with Crippen LogP contribution in [-0.2, 0) is 4.79 Å². The average molecular weight is 268 g/mol. The molecule has 1 aliphatic heterocycles. The summed E-state index contributed by atoms with van der Waals surface area (Å²) >= 11 is 5.88. The summed E-state index contributed by atoms with van der Waals surface area (Å²) in [5.41, 5.74) is 1.07. The zero-order valence-corrected chi connectivity index (χ0v) is 11.4. The molecule has 0 spiro atoms. The molecule has 18 heavy (non-hydrogen) atoms. The van der Waals surface area contributed by atoms with Crippen LogP contribution < -0.4 is 5.32 Å². The highest BCUT2D eigenvalue weighted by molar-refractivity contribution is 6.30. The molecule has 0 aromatic heterocycles. The van der Waals surface area contributed by atoms with Gasteiger partial charge in [0, 0.05) is 18.1 Å². The van der Waals surface area contributed by atoms with E-state index in [1.54, 1.807) is 0 Å². The fourth-order valence-corrected chi connectivity index (χ4v) is 2.17. The normalized spacial score (nSPS) is 19.9. The molecule has 1 fully saturated rings. The zero-order valence-electron chi connectivity index (χ0n) is 10.7. The number of hydrogen-bond donors (Lipinski definition) is 1. The van der Waals surface area contributed by atoms with Crippen LogP contribution in [0.3, 0.4) is 0 Å². The van der Waals surface area contributed by atoms with Crippen molar-refractivity contribution in [3.05, 3.63) is 34.9 Å². The number of hydrogen-bond acceptors (Lipinski definition) is 3. The molecule has 0 bridgehead atoms. The Hall–Kier alpha value is -1.10. The van der Waals surface area contributed by atoms with Gasteiger partial charge in [-0.1, -0.05) is 23.7 Å². The highest BCUT2D eigenvalue weighted by Crippen LogP contribution is 2.23. The van der Waals surface area contributed by atoms with Gasteiger partial charge in [-0.3, -0.25) is 10.1 Å². The Morgan fingerprint density at radius 3 is 2.67 bits per heavy atom. The SMILES string of the molecule is CN(C)CCN1C(=O)CNC1c1ccc(Cl)cc1. The molecule has 0 radical (unpaired) electrons. The lowest BCUT2D eigenvalue weighted by Gasteiger charge is -2.26. The number of rotatable bonds is 4. The molecule has 1 amide bonds. The van der Waals surface area contributed by atoms with Crippen molar-refractivity contribution in [1.82, 2.24) is 15.1 Å². The number of benzene rings is 1. The van der Waals surface area contributed by atoms with E-state index in [0.717, 1.165) is 18.7 Å². The Labute approximate surface area is 113 Å². The molecule has 1 aliphatic rings. The van der Waals surface area contributed by atoms with Crippen LogP contribution in [0.4, 0.5) is 0 Å². The fourth-order valence-electron chi connectivity index (χ4n) is 2.04. The van der Waals surface area contributed by atoms with Gasteiger partial charge in [0.1, 0.15) is 6.17 Å². The number of amides is 1. The van der Waals surface area contributed by atoms with E-state index in [4.69, 9.17) is 11.6 Å². The van der Waals surface area contributed by atoms with Gasteiger partial charge in [-0.15, -0.1) is 0 Å². The maximum absolute atomic E-state index is 11.9. The first-order valence-electron chi connectivity index (χ1n) is 6.01. The van der Waals surface area contributed by atoms with Gasteiger partial charge in [0.05, 0.1) is 6.54 Å². The molecule has 1 aromatic rings. The van der Waals surface area contributed by atoms with Crippen LogP contribution in [-0.4, -0.2) is 49.4 Å². The molecular formula is C13H18ClN3O. The summed E-state index contributed by atoms with van der Waals surface area (Å²) in [5.74, 6) is 0.150. The molecule has 1 atom stereocenters. The molecule has 98 valence electrons. The maximum Gasteiger partial charge on any atom is 0.238 e. The van der Waals surface area contributed by atoms with Crippen molar-refractivity contribution in [3.63, 3.8) is 0 Å². The molecule has 1 unspecified atom stereocenters. The van der Waals surface area contributed by atoms with Crippen LogP contribution in [0, 0.1) is 0 Å². The second-order valence-corrected chi connectivity index (χ2v) is 5.16. The molecule has 5 heteroatoms. The first kappa shape index (κ1) is 13.3. The summed E-state index contributed by atoms with van der Waals surface area (Å²) in [6.07, 6.45) is -0.0327. The minimum atomic E-state index is -0.0327. The number of nitrogens with one attached hydrogen (secondary N) is 1. The van der Waals surface area contributed by atoms with Crippen LogP contribution in [0.1, 0.15) is 11.7 Å². The number of halogens is 1.